The van der Waals surface area contributed by atoms with Gasteiger partial charge in [-0.1, -0.05) is 6.07 Å². The first kappa shape index (κ1) is 11.2. The molecule has 0 atom stereocenters. The minimum Gasteiger partial charge on any atom is -0.478 e. The predicted octanol–water partition coefficient (Wildman–Crippen LogP) is 1.50. The fourth-order valence-corrected chi connectivity index (χ4v) is 1.14. The van der Waals surface area contributed by atoms with E-state index >= 15 is 0 Å². The van der Waals surface area contributed by atoms with Crippen molar-refractivity contribution in [2.24, 2.45) is 0 Å². The van der Waals surface area contributed by atoms with Crippen LogP contribution in [0.2, 0.25) is 0 Å². The van der Waals surface area contributed by atoms with Gasteiger partial charge in [0.15, 0.2) is 0 Å². The van der Waals surface area contributed by atoms with E-state index in [-0.39, 0.29) is 0 Å². The normalized spacial score (nSPS) is 10.5. The molecule has 0 saturated carbocycles. The van der Waals surface area contributed by atoms with Gasteiger partial charge in [-0.2, -0.15) is 0 Å². The summed E-state index contributed by atoms with van der Waals surface area (Å²) in [5.41, 5.74) is 0.925. The largest absolute Gasteiger partial charge is 0.478 e. The van der Waals surface area contributed by atoms with Gasteiger partial charge in [0.2, 0.25) is 0 Å². The van der Waals surface area contributed by atoms with Crippen LogP contribution in [0.5, 0.6) is 0 Å². The maximum atomic E-state index is 10.3. The second kappa shape index (κ2) is 5.80. The lowest BCUT2D eigenvalue weighted by atomic mass is 10.3. The van der Waals surface area contributed by atoms with E-state index in [1.165, 1.54) is 0 Å². The highest BCUT2D eigenvalue weighted by Gasteiger charge is 1.99. The van der Waals surface area contributed by atoms with Gasteiger partial charge in [0, 0.05) is 25.0 Å². The lowest BCUT2D eigenvalue weighted by molar-refractivity contribution is -0.131. The first-order chi connectivity index (χ1) is 7.22. The van der Waals surface area contributed by atoms with Gasteiger partial charge in [0.25, 0.3) is 0 Å². The summed E-state index contributed by atoms with van der Waals surface area (Å²) in [5.74, 6) is -0.936. The number of hydrogen-bond donors (Lipinski definition) is 1. The van der Waals surface area contributed by atoms with Crippen LogP contribution in [-0.4, -0.2) is 27.5 Å². The third-order valence-electron chi connectivity index (χ3n) is 1.93. The monoisotopic (exact) mass is 206 g/mol. The maximum absolute atomic E-state index is 10.3. The summed E-state index contributed by atoms with van der Waals surface area (Å²) in [6.07, 6.45) is 4.42. The Kier molecular flexibility index (Phi) is 4.34. The molecule has 0 spiro atoms. The van der Waals surface area contributed by atoms with Crippen LogP contribution >= 0.6 is 0 Å². The third kappa shape index (κ3) is 4.26. The second-order valence-corrected chi connectivity index (χ2v) is 3.04. The number of carboxylic acids is 1. The minimum absolute atomic E-state index is 0.626. The molecule has 0 radical (unpaired) electrons. The molecule has 0 aliphatic heterocycles. The van der Waals surface area contributed by atoms with Crippen molar-refractivity contribution in [3.63, 3.8) is 0 Å². The number of carboxylic acid groups (broad SMARTS) is 1. The second-order valence-electron chi connectivity index (χ2n) is 3.04. The number of pyridine rings is 1. The molecule has 0 unspecified atom stereocenters. The quantitative estimate of drug-likeness (QED) is 0.742. The molecule has 0 amide bonds. The first-order valence-corrected chi connectivity index (χ1v) is 4.77. The molecule has 1 heterocycles. The standard InChI is InChI=1S/C11H14N2O2/c1-2-13(8-6-11(14)15)9-10-5-3-4-7-12-10/h3-8H,2,9H2,1H3,(H,14,15). The van der Waals surface area contributed by atoms with Crippen LogP contribution in [0.25, 0.3) is 0 Å². The molecule has 4 nitrogen and oxygen atoms in total. The highest BCUT2D eigenvalue weighted by molar-refractivity contribution is 5.79. The van der Waals surface area contributed by atoms with E-state index < -0.39 is 5.97 Å². The van der Waals surface area contributed by atoms with Crippen LogP contribution in [0.3, 0.4) is 0 Å². The first-order valence-electron chi connectivity index (χ1n) is 4.77. The van der Waals surface area contributed by atoms with Gasteiger partial charge in [-0.15, -0.1) is 0 Å². The lowest BCUT2D eigenvalue weighted by Crippen LogP contribution is -2.17. The molecule has 0 aliphatic rings. The topological polar surface area (TPSA) is 53.4 Å². The number of aliphatic carboxylic acids is 1. The summed E-state index contributed by atoms with van der Waals surface area (Å²) in [5, 5.41) is 8.49. The van der Waals surface area contributed by atoms with Gasteiger partial charge in [-0.25, -0.2) is 4.79 Å². The summed E-state index contributed by atoms with van der Waals surface area (Å²) in [6.45, 7) is 3.34. The lowest BCUT2D eigenvalue weighted by Gasteiger charge is -2.16. The van der Waals surface area contributed by atoms with Gasteiger partial charge in [-0.05, 0) is 19.1 Å². The molecule has 0 saturated heterocycles. The summed E-state index contributed by atoms with van der Waals surface area (Å²) >= 11 is 0. The van der Waals surface area contributed by atoms with Gasteiger partial charge in [0.05, 0.1) is 12.2 Å². The molecule has 0 aromatic carbocycles. The molecule has 1 aromatic rings. The van der Waals surface area contributed by atoms with Crippen molar-refractivity contribution in [3.8, 4) is 0 Å². The SMILES string of the molecule is CCN(C=CC(=O)O)Cc1ccccn1. The van der Waals surface area contributed by atoms with E-state index in [1.54, 1.807) is 12.4 Å². The predicted molar refractivity (Wildman–Crippen MR) is 57.1 cm³/mol. The Hall–Kier alpha value is -1.84. The molecule has 1 rings (SSSR count). The summed E-state index contributed by atoms with van der Waals surface area (Å²) in [7, 11) is 0. The number of rotatable bonds is 5. The zero-order valence-electron chi connectivity index (χ0n) is 8.63. The Labute approximate surface area is 88.9 Å². The van der Waals surface area contributed by atoms with Gasteiger partial charge in [0.1, 0.15) is 0 Å². The van der Waals surface area contributed by atoms with Crippen molar-refractivity contribution in [1.82, 2.24) is 9.88 Å². The van der Waals surface area contributed by atoms with Crippen LogP contribution in [0, 0.1) is 0 Å². The molecule has 80 valence electrons. The van der Waals surface area contributed by atoms with Crippen LogP contribution in [0.15, 0.2) is 36.7 Å². The molecule has 4 heteroatoms. The molecular weight excluding hydrogens is 192 g/mol. The highest BCUT2D eigenvalue weighted by Crippen LogP contribution is 2.01. The number of hydrogen-bond acceptors (Lipinski definition) is 3. The Balaban J connectivity index is 2.58. The molecule has 0 fully saturated rings. The molecule has 0 aliphatic carbocycles. The van der Waals surface area contributed by atoms with E-state index in [2.05, 4.69) is 4.98 Å². The average molecular weight is 206 g/mol. The van der Waals surface area contributed by atoms with Crippen molar-refractivity contribution in [2.75, 3.05) is 6.54 Å². The fraction of sp³-hybridized carbons (Fsp3) is 0.273. The van der Waals surface area contributed by atoms with Crippen molar-refractivity contribution in [1.29, 1.82) is 0 Å². The van der Waals surface area contributed by atoms with E-state index in [4.69, 9.17) is 5.11 Å². The molecular formula is C11H14N2O2. The number of aromatic nitrogens is 1. The molecule has 15 heavy (non-hydrogen) atoms. The summed E-state index contributed by atoms with van der Waals surface area (Å²) < 4.78 is 0. The minimum atomic E-state index is -0.936. The van der Waals surface area contributed by atoms with Crippen LogP contribution in [0.1, 0.15) is 12.6 Å². The van der Waals surface area contributed by atoms with Crippen molar-refractivity contribution in [3.05, 3.63) is 42.4 Å². The smallest absolute Gasteiger partial charge is 0.329 e. The van der Waals surface area contributed by atoms with Gasteiger partial charge in [-0.3, -0.25) is 4.98 Å². The average Bonchev–Trinajstić information content (AvgIpc) is 2.25. The Morgan fingerprint density at radius 2 is 2.40 bits per heavy atom. The fourth-order valence-electron chi connectivity index (χ4n) is 1.14. The summed E-state index contributed by atoms with van der Waals surface area (Å²) in [6, 6.07) is 5.68. The van der Waals surface area contributed by atoms with Crippen molar-refractivity contribution >= 4 is 5.97 Å². The number of nitrogens with zero attached hydrogens (tertiary/aromatic N) is 2. The highest BCUT2D eigenvalue weighted by atomic mass is 16.4. The van der Waals surface area contributed by atoms with Crippen LogP contribution in [0.4, 0.5) is 0 Å². The van der Waals surface area contributed by atoms with E-state index in [9.17, 15) is 4.79 Å². The molecule has 1 aromatic heterocycles. The Morgan fingerprint density at radius 1 is 1.60 bits per heavy atom. The zero-order valence-corrected chi connectivity index (χ0v) is 8.63. The molecule has 0 bridgehead atoms. The molecule has 1 N–H and O–H groups in total. The zero-order chi connectivity index (χ0) is 11.1. The Bertz CT molecular complexity index is 336. The van der Waals surface area contributed by atoms with Crippen molar-refractivity contribution in [2.45, 2.75) is 13.5 Å². The Morgan fingerprint density at radius 3 is 2.93 bits per heavy atom. The maximum Gasteiger partial charge on any atom is 0.329 e. The van der Waals surface area contributed by atoms with E-state index in [1.807, 2.05) is 30.0 Å². The van der Waals surface area contributed by atoms with Crippen LogP contribution in [-0.2, 0) is 11.3 Å². The summed E-state index contributed by atoms with van der Waals surface area (Å²) in [4.78, 5) is 16.4. The van der Waals surface area contributed by atoms with Crippen molar-refractivity contribution < 1.29 is 9.90 Å². The van der Waals surface area contributed by atoms with Crippen LogP contribution < -0.4 is 0 Å². The number of carbonyl (C=O) groups is 1. The third-order valence-corrected chi connectivity index (χ3v) is 1.93. The van der Waals surface area contributed by atoms with E-state index in [0.29, 0.717) is 6.54 Å². The van der Waals surface area contributed by atoms with E-state index in [0.717, 1.165) is 18.3 Å². The van der Waals surface area contributed by atoms with Gasteiger partial charge < -0.3 is 10.0 Å². The van der Waals surface area contributed by atoms with Gasteiger partial charge >= 0.3 is 5.97 Å².